The predicted octanol–water partition coefficient (Wildman–Crippen LogP) is -0.435. The van der Waals surface area contributed by atoms with Crippen LogP contribution in [-0.2, 0) is 11.3 Å². The maximum Gasteiger partial charge on any atom is 0.390 e. The number of nitro groups is 1. The number of rotatable bonds is 6. The first kappa shape index (κ1) is 13.1. The van der Waals surface area contributed by atoms with Crippen molar-refractivity contribution in [2.45, 2.75) is 19.9 Å². The third-order valence-electron chi connectivity index (χ3n) is 2.15. The van der Waals surface area contributed by atoms with Crippen LogP contribution in [-0.4, -0.2) is 33.7 Å². The van der Waals surface area contributed by atoms with Crippen LogP contribution in [0.5, 0.6) is 0 Å². The van der Waals surface area contributed by atoms with Crippen molar-refractivity contribution in [1.29, 1.82) is 0 Å². The molecular weight excluding hydrogens is 226 g/mol. The Morgan fingerprint density at radius 1 is 1.71 bits per heavy atom. The molecule has 8 nitrogen and oxygen atoms in total. The number of nitrogens with one attached hydrogen (secondary N) is 1. The minimum Gasteiger partial charge on any atom is -0.358 e. The molecule has 1 heterocycles. The van der Waals surface area contributed by atoms with E-state index >= 15 is 0 Å². The molecule has 0 atom stereocenters. The highest BCUT2D eigenvalue weighted by molar-refractivity contribution is 5.75. The van der Waals surface area contributed by atoms with Gasteiger partial charge in [0.15, 0.2) is 0 Å². The Balaban J connectivity index is 2.56. The summed E-state index contributed by atoms with van der Waals surface area (Å²) in [5.41, 5.74) is 5.86. The minimum atomic E-state index is -0.587. The van der Waals surface area contributed by atoms with Crippen LogP contribution >= 0.6 is 0 Å². The maximum absolute atomic E-state index is 11.4. The summed E-state index contributed by atoms with van der Waals surface area (Å²) in [5, 5.41) is 16.8. The van der Waals surface area contributed by atoms with E-state index in [-0.39, 0.29) is 18.3 Å². The van der Waals surface area contributed by atoms with Gasteiger partial charge in [-0.3, -0.25) is 4.79 Å². The fourth-order valence-corrected chi connectivity index (χ4v) is 1.26. The molecule has 0 aliphatic rings. The molecule has 0 fully saturated rings. The Morgan fingerprint density at radius 3 is 2.94 bits per heavy atom. The molecular formula is C9H15N5O3. The zero-order chi connectivity index (χ0) is 12.8. The van der Waals surface area contributed by atoms with Crippen molar-refractivity contribution in [2.75, 3.05) is 13.1 Å². The smallest absolute Gasteiger partial charge is 0.358 e. The van der Waals surface area contributed by atoms with Crippen LogP contribution in [0.25, 0.3) is 0 Å². The molecule has 1 rings (SSSR count). The molecule has 0 saturated heterocycles. The molecule has 1 amide bonds. The third kappa shape index (κ3) is 3.83. The van der Waals surface area contributed by atoms with E-state index in [2.05, 4.69) is 10.4 Å². The number of hydrogen-bond donors (Lipinski definition) is 2. The van der Waals surface area contributed by atoms with E-state index in [1.165, 1.54) is 10.7 Å². The average Bonchev–Trinajstić information content (AvgIpc) is 2.61. The fraction of sp³-hybridized carbons (Fsp3) is 0.556. The molecule has 17 heavy (non-hydrogen) atoms. The molecule has 0 bridgehead atoms. The number of amides is 1. The van der Waals surface area contributed by atoms with E-state index in [0.29, 0.717) is 25.2 Å². The topological polar surface area (TPSA) is 116 Å². The number of carbonyl (C=O) groups excluding carboxylic acids is 1. The van der Waals surface area contributed by atoms with Crippen molar-refractivity contribution in [1.82, 2.24) is 15.1 Å². The largest absolute Gasteiger partial charge is 0.390 e. The highest BCUT2D eigenvalue weighted by Gasteiger charge is 2.16. The highest BCUT2D eigenvalue weighted by Crippen LogP contribution is 2.10. The van der Waals surface area contributed by atoms with Crippen LogP contribution in [0.4, 0.5) is 5.82 Å². The van der Waals surface area contributed by atoms with Gasteiger partial charge in [0.1, 0.15) is 6.54 Å². The number of nitrogens with two attached hydrogens (primary N) is 1. The summed E-state index contributed by atoms with van der Waals surface area (Å²) in [4.78, 5) is 21.3. The van der Waals surface area contributed by atoms with Crippen LogP contribution in [0.2, 0.25) is 0 Å². The Morgan fingerprint density at radius 2 is 2.41 bits per heavy atom. The number of aromatic nitrogens is 2. The van der Waals surface area contributed by atoms with Crippen molar-refractivity contribution in [3.8, 4) is 0 Å². The molecule has 0 aromatic carbocycles. The number of nitrogens with zero attached hydrogens (tertiary/aromatic N) is 3. The Kier molecular flexibility index (Phi) is 4.58. The third-order valence-corrected chi connectivity index (χ3v) is 2.15. The summed E-state index contributed by atoms with van der Waals surface area (Å²) < 4.78 is 1.30. The number of hydrogen-bond acceptors (Lipinski definition) is 5. The second-order valence-corrected chi connectivity index (χ2v) is 3.55. The Labute approximate surface area is 97.9 Å². The van der Waals surface area contributed by atoms with Gasteiger partial charge in [-0.25, -0.2) is 0 Å². The van der Waals surface area contributed by atoms with Gasteiger partial charge in [-0.2, -0.15) is 4.68 Å². The molecule has 1 aromatic rings. The van der Waals surface area contributed by atoms with E-state index in [4.69, 9.17) is 5.73 Å². The van der Waals surface area contributed by atoms with Gasteiger partial charge in [-0.1, -0.05) is 0 Å². The van der Waals surface area contributed by atoms with E-state index in [1.54, 1.807) is 6.92 Å². The molecule has 0 radical (unpaired) electrons. The number of aryl methyl sites for hydroxylation is 1. The molecule has 0 spiro atoms. The second-order valence-electron chi connectivity index (χ2n) is 3.55. The lowest BCUT2D eigenvalue weighted by Gasteiger charge is -2.02. The van der Waals surface area contributed by atoms with E-state index in [0.717, 1.165) is 0 Å². The van der Waals surface area contributed by atoms with Crippen LogP contribution in [0.3, 0.4) is 0 Å². The van der Waals surface area contributed by atoms with E-state index in [9.17, 15) is 14.9 Å². The Bertz CT molecular complexity index is 415. The fourth-order valence-electron chi connectivity index (χ4n) is 1.26. The molecule has 8 heteroatoms. The summed E-state index contributed by atoms with van der Waals surface area (Å²) in [6.45, 7) is 2.64. The van der Waals surface area contributed by atoms with Gasteiger partial charge in [-0.05, 0) is 24.8 Å². The minimum absolute atomic E-state index is 0.0236. The summed E-state index contributed by atoms with van der Waals surface area (Å²) >= 11 is 0. The lowest BCUT2D eigenvalue weighted by Crippen LogP contribution is -2.30. The maximum atomic E-state index is 11.4. The second kappa shape index (κ2) is 5.94. The highest BCUT2D eigenvalue weighted by atomic mass is 16.6. The number of carbonyl (C=O) groups is 1. The first-order chi connectivity index (χ1) is 8.04. The van der Waals surface area contributed by atoms with Crippen LogP contribution in [0.1, 0.15) is 12.1 Å². The van der Waals surface area contributed by atoms with Crippen molar-refractivity contribution in [3.63, 3.8) is 0 Å². The van der Waals surface area contributed by atoms with Crippen LogP contribution < -0.4 is 11.1 Å². The SMILES string of the molecule is Cc1cc([N+](=O)[O-])nn1CC(=O)NCCCN. The quantitative estimate of drug-likeness (QED) is 0.398. The molecule has 1 aromatic heterocycles. The summed E-state index contributed by atoms with van der Waals surface area (Å²) in [6, 6.07) is 1.33. The van der Waals surface area contributed by atoms with Gasteiger partial charge in [0, 0.05) is 6.54 Å². The van der Waals surface area contributed by atoms with Crippen molar-refractivity contribution >= 4 is 11.7 Å². The normalized spacial score (nSPS) is 10.2. The first-order valence-corrected chi connectivity index (χ1v) is 5.20. The van der Waals surface area contributed by atoms with Gasteiger partial charge in [0.05, 0.1) is 16.9 Å². The van der Waals surface area contributed by atoms with Crippen molar-refractivity contribution in [3.05, 3.63) is 21.9 Å². The van der Waals surface area contributed by atoms with Crippen molar-refractivity contribution in [2.24, 2.45) is 5.73 Å². The first-order valence-electron chi connectivity index (χ1n) is 5.20. The zero-order valence-corrected chi connectivity index (χ0v) is 9.55. The molecule has 0 aliphatic carbocycles. The van der Waals surface area contributed by atoms with Gasteiger partial charge in [-0.15, -0.1) is 0 Å². The van der Waals surface area contributed by atoms with E-state index < -0.39 is 4.92 Å². The lowest BCUT2D eigenvalue weighted by atomic mass is 10.4. The van der Waals surface area contributed by atoms with E-state index in [1.807, 2.05) is 0 Å². The molecule has 0 aliphatic heterocycles. The average molecular weight is 241 g/mol. The van der Waals surface area contributed by atoms with Gasteiger partial charge in [0.25, 0.3) is 0 Å². The predicted molar refractivity (Wildman–Crippen MR) is 60.3 cm³/mol. The summed E-state index contributed by atoms with van der Waals surface area (Å²) in [6.07, 6.45) is 0.698. The summed E-state index contributed by atoms with van der Waals surface area (Å²) in [7, 11) is 0. The molecule has 94 valence electrons. The van der Waals surface area contributed by atoms with Crippen molar-refractivity contribution < 1.29 is 9.72 Å². The summed E-state index contributed by atoms with van der Waals surface area (Å²) in [5.74, 6) is -0.489. The zero-order valence-electron chi connectivity index (χ0n) is 9.55. The van der Waals surface area contributed by atoms with Crippen LogP contribution in [0.15, 0.2) is 6.07 Å². The Hall–Kier alpha value is -1.96. The lowest BCUT2D eigenvalue weighted by molar-refractivity contribution is -0.389. The van der Waals surface area contributed by atoms with Gasteiger partial charge >= 0.3 is 5.82 Å². The molecule has 0 unspecified atom stereocenters. The van der Waals surface area contributed by atoms with Crippen LogP contribution in [0, 0.1) is 17.0 Å². The van der Waals surface area contributed by atoms with Gasteiger partial charge < -0.3 is 21.2 Å². The standard InChI is InChI=1S/C9H15N5O3/c1-7-5-8(14(16)17)12-13(7)6-9(15)11-4-2-3-10/h5H,2-4,6,10H2,1H3,(H,11,15). The molecule has 0 saturated carbocycles. The monoisotopic (exact) mass is 241 g/mol. The van der Waals surface area contributed by atoms with Gasteiger partial charge in [0.2, 0.25) is 5.91 Å². The molecule has 3 N–H and O–H groups in total.